The minimum absolute atomic E-state index is 0.358. The van der Waals surface area contributed by atoms with Crippen molar-refractivity contribution in [3.8, 4) is 0 Å². The lowest BCUT2D eigenvalue weighted by molar-refractivity contribution is 0.730. The Balaban J connectivity index is 3.16. The fourth-order valence-electron chi connectivity index (χ4n) is 0.837. The van der Waals surface area contributed by atoms with Gasteiger partial charge in [-0.1, -0.05) is 12.2 Å². The number of rotatable bonds is 2. The van der Waals surface area contributed by atoms with Crippen molar-refractivity contribution in [2.75, 3.05) is 0 Å². The third-order valence-electron chi connectivity index (χ3n) is 1.51. The van der Waals surface area contributed by atoms with Gasteiger partial charge in [-0.3, -0.25) is 14.3 Å². The van der Waals surface area contributed by atoms with E-state index in [2.05, 4.69) is 20.9 Å². The van der Waals surface area contributed by atoms with Gasteiger partial charge in [-0.15, -0.1) is 0 Å². The summed E-state index contributed by atoms with van der Waals surface area (Å²) in [4.78, 5) is 24.3. The summed E-state index contributed by atoms with van der Waals surface area (Å²) in [6.07, 6.45) is 5.14. The molecule has 0 aliphatic heterocycles. The normalized spacial score (nSPS) is 10.9. The number of aromatic amines is 1. The van der Waals surface area contributed by atoms with E-state index in [1.165, 1.54) is 10.8 Å². The summed E-state index contributed by atoms with van der Waals surface area (Å²) >= 11 is 3.04. The van der Waals surface area contributed by atoms with Crippen molar-refractivity contribution < 1.29 is 0 Å². The maximum atomic E-state index is 11.2. The van der Waals surface area contributed by atoms with E-state index in [0.29, 0.717) is 11.0 Å². The summed E-state index contributed by atoms with van der Waals surface area (Å²) in [5, 5.41) is 0. The molecule has 0 saturated carbocycles. The fourth-order valence-corrected chi connectivity index (χ4v) is 1.18. The average molecular weight is 245 g/mol. The van der Waals surface area contributed by atoms with Gasteiger partial charge in [-0.2, -0.15) is 0 Å². The third-order valence-corrected chi connectivity index (χ3v) is 2.07. The molecule has 1 heterocycles. The van der Waals surface area contributed by atoms with Crippen molar-refractivity contribution in [3.05, 3.63) is 43.7 Å². The first kappa shape index (κ1) is 9.98. The van der Waals surface area contributed by atoms with E-state index in [0.717, 1.165) is 0 Å². The van der Waals surface area contributed by atoms with Crippen LogP contribution in [0.4, 0.5) is 0 Å². The van der Waals surface area contributed by atoms with E-state index >= 15 is 0 Å². The molecule has 0 atom stereocenters. The molecule has 0 spiro atoms. The van der Waals surface area contributed by atoms with E-state index in [-0.39, 0.29) is 0 Å². The van der Waals surface area contributed by atoms with E-state index in [1.807, 2.05) is 19.1 Å². The van der Waals surface area contributed by atoms with Gasteiger partial charge < -0.3 is 0 Å². The molecule has 0 fully saturated rings. The molecule has 13 heavy (non-hydrogen) atoms. The second kappa shape index (κ2) is 4.23. The van der Waals surface area contributed by atoms with Crippen LogP contribution in [0.25, 0.3) is 0 Å². The zero-order chi connectivity index (χ0) is 9.84. The smallest absolute Gasteiger partial charge is 0.296 e. The first-order valence-electron chi connectivity index (χ1n) is 3.75. The molecule has 1 rings (SSSR count). The van der Waals surface area contributed by atoms with Crippen molar-refractivity contribution in [2.45, 2.75) is 13.5 Å². The van der Waals surface area contributed by atoms with Crippen LogP contribution in [0.5, 0.6) is 0 Å². The van der Waals surface area contributed by atoms with Crippen LogP contribution >= 0.6 is 15.9 Å². The fraction of sp³-hybridized carbons (Fsp3) is 0.250. The Morgan fingerprint density at radius 2 is 2.31 bits per heavy atom. The second-order valence-corrected chi connectivity index (χ2v) is 3.31. The molecule has 0 aliphatic carbocycles. The second-order valence-electron chi connectivity index (χ2n) is 2.46. The molecule has 0 amide bonds. The number of allylic oxidation sites excluding steroid dienone is 2. The van der Waals surface area contributed by atoms with E-state index in [9.17, 15) is 9.59 Å². The van der Waals surface area contributed by atoms with Crippen LogP contribution in [0, 0.1) is 0 Å². The van der Waals surface area contributed by atoms with Gasteiger partial charge in [-0.25, -0.2) is 4.79 Å². The quantitative estimate of drug-likeness (QED) is 0.786. The number of nitrogens with one attached hydrogen (secondary N) is 1. The lowest BCUT2D eigenvalue weighted by Crippen LogP contribution is -2.29. The Bertz CT molecular complexity index is 431. The molecule has 0 unspecified atom stereocenters. The summed E-state index contributed by atoms with van der Waals surface area (Å²) in [6, 6.07) is 0. The molecule has 0 aromatic carbocycles. The zero-order valence-corrected chi connectivity index (χ0v) is 8.67. The predicted octanol–water partition coefficient (Wildman–Crippen LogP) is 0.875. The van der Waals surface area contributed by atoms with Crippen LogP contribution < -0.4 is 11.2 Å². The lowest BCUT2D eigenvalue weighted by Gasteiger charge is -2.00. The van der Waals surface area contributed by atoms with E-state index in [4.69, 9.17) is 0 Å². The molecule has 1 N–H and O–H groups in total. The van der Waals surface area contributed by atoms with Gasteiger partial charge in [0, 0.05) is 12.7 Å². The first-order chi connectivity index (χ1) is 6.15. The summed E-state index contributed by atoms with van der Waals surface area (Å²) in [5.74, 6) is 0. The molecule has 0 bridgehead atoms. The third kappa shape index (κ3) is 2.42. The van der Waals surface area contributed by atoms with Crippen LogP contribution in [0.1, 0.15) is 6.92 Å². The van der Waals surface area contributed by atoms with Gasteiger partial charge in [-0.05, 0) is 22.9 Å². The summed E-state index contributed by atoms with van der Waals surface area (Å²) in [5.41, 5.74) is -0.798. The Morgan fingerprint density at radius 1 is 1.62 bits per heavy atom. The average Bonchev–Trinajstić information content (AvgIpc) is 2.09. The monoisotopic (exact) mass is 244 g/mol. The highest BCUT2D eigenvalue weighted by Gasteiger charge is 1.98. The van der Waals surface area contributed by atoms with E-state index < -0.39 is 11.2 Å². The van der Waals surface area contributed by atoms with Crippen LogP contribution in [0.2, 0.25) is 0 Å². The minimum atomic E-state index is -0.401. The number of hydrogen-bond donors (Lipinski definition) is 1. The summed E-state index contributed by atoms with van der Waals surface area (Å²) < 4.78 is 1.77. The molecule has 1 aromatic rings. The number of H-pyrrole nitrogens is 1. The highest BCUT2D eigenvalue weighted by Crippen LogP contribution is 1.97. The molecular formula is C8H9BrN2O2. The van der Waals surface area contributed by atoms with E-state index in [1.54, 1.807) is 0 Å². The topological polar surface area (TPSA) is 54.9 Å². The number of hydrogen-bond acceptors (Lipinski definition) is 2. The molecule has 4 nitrogen and oxygen atoms in total. The number of nitrogens with zero attached hydrogens (tertiary/aromatic N) is 1. The maximum Gasteiger partial charge on any atom is 0.328 e. The summed E-state index contributed by atoms with van der Waals surface area (Å²) in [7, 11) is 0. The first-order valence-corrected chi connectivity index (χ1v) is 4.55. The maximum absolute atomic E-state index is 11.2. The van der Waals surface area contributed by atoms with Crippen LogP contribution in [-0.2, 0) is 6.54 Å². The summed E-state index contributed by atoms with van der Waals surface area (Å²) in [6.45, 7) is 2.33. The SMILES string of the molecule is C/C=C/Cn1cc(Br)c(=O)[nH]c1=O. The van der Waals surface area contributed by atoms with Crippen LogP contribution in [0.15, 0.2) is 32.4 Å². The van der Waals surface area contributed by atoms with Gasteiger partial charge in [0.1, 0.15) is 0 Å². The standard InChI is InChI=1S/C8H9BrN2O2/c1-2-3-4-11-5-6(9)7(12)10-8(11)13/h2-3,5H,4H2,1H3,(H,10,12,13)/b3-2+. The van der Waals surface area contributed by atoms with Gasteiger partial charge >= 0.3 is 5.69 Å². The number of aromatic nitrogens is 2. The molecule has 0 radical (unpaired) electrons. The van der Waals surface area contributed by atoms with Crippen molar-refractivity contribution in [1.29, 1.82) is 0 Å². The Kier molecular flexibility index (Phi) is 3.25. The van der Waals surface area contributed by atoms with Gasteiger partial charge in [0.25, 0.3) is 5.56 Å². The molecule has 1 aromatic heterocycles. The largest absolute Gasteiger partial charge is 0.328 e. The molecule has 0 aliphatic rings. The Labute approximate surface area is 83.0 Å². The van der Waals surface area contributed by atoms with Crippen molar-refractivity contribution in [2.24, 2.45) is 0 Å². The van der Waals surface area contributed by atoms with Gasteiger partial charge in [0.15, 0.2) is 0 Å². The molecule has 0 saturated heterocycles. The molecule has 70 valence electrons. The zero-order valence-electron chi connectivity index (χ0n) is 7.08. The number of halogens is 1. The van der Waals surface area contributed by atoms with Crippen molar-refractivity contribution >= 4 is 15.9 Å². The van der Waals surface area contributed by atoms with Crippen LogP contribution in [0.3, 0.4) is 0 Å². The minimum Gasteiger partial charge on any atom is -0.296 e. The van der Waals surface area contributed by atoms with Crippen molar-refractivity contribution in [1.82, 2.24) is 9.55 Å². The highest BCUT2D eigenvalue weighted by molar-refractivity contribution is 9.10. The Morgan fingerprint density at radius 3 is 2.92 bits per heavy atom. The van der Waals surface area contributed by atoms with Crippen LogP contribution in [-0.4, -0.2) is 9.55 Å². The van der Waals surface area contributed by atoms with Gasteiger partial charge in [0.2, 0.25) is 0 Å². The Hall–Kier alpha value is -1.10. The molecule has 5 heteroatoms. The van der Waals surface area contributed by atoms with Crippen molar-refractivity contribution in [3.63, 3.8) is 0 Å². The lowest BCUT2D eigenvalue weighted by atomic mass is 10.5. The molecular weight excluding hydrogens is 236 g/mol. The predicted molar refractivity (Wildman–Crippen MR) is 53.8 cm³/mol. The highest BCUT2D eigenvalue weighted by atomic mass is 79.9. The van der Waals surface area contributed by atoms with Gasteiger partial charge in [0.05, 0.1) is 4.47 Å².